The van der Waals surface area contributed by atoms with Crippen molar-refractivity contribution in [2.75, 3.05) is 14.2 Å². The van der Waals surface area contributed by atoms with Crippen LogP contribution in [0.1, 0.15) is 33.6 Å². The zero-order valence-corrected chi connectivity index (χ0v) is 15.0. The topological polar surface area (TPSA) is 52.6 Å². The molecule has 0 spiro atoms. The summed E-state index contributed by atoms with van der Waals surface area (Å²) in [6, 6.07) is 14.1. The van der Waals surface area contributed by atoms with Crippen molar-refractivity contribution in [1.82, 2.24) is 0 Å². The van der Waals surface area contributed by atoms with Crippen LogP contribution in [0, 0.1) is 11.8 Å². The first-order valence-corrected chi connectivity index (χ1v) is 8.65. The van der Waals surface area contributed by atoms with Gasteiger partial charge in [0.15, 0.2) is 11.6 Å². The van der Waals surface area contributed by atoms with Gasteiger partial charge in [-0.1, -0.05) is 12.2 Å². The fourth-order valence-electron chi connectivity index (χ4n) is 3.33. The summed E-state index contributed by atoms with van der Waals surface area (Å²) in [5, 5.41) is 0. The van der Waals surface area contributed by atoms with E-state index < -0.39 is 0 Å². The highest BCUT2D eigenvalue weighted by Crippen LogP contribution is 2.32. The van der Waals surface area contributed by atoms with Gasteiger partial charge in [0.1, 0.15) is 11.5 Å². The summed E-state index contributed by atoms with van der Waals surface area (Å²) in [5.74, 6) is 0.727. The number of rotatable bonds is 6. The molecule has 0 N–H and O–H groups in total. The van der Waals surface area contributed by atoms with Crippen molar-refractivity contribution in [2.45, 2.75) is 12.8 Å². The Balaban J connectivity index is 1.83. The molecule has 1 aliphatic rings. The van der Waals surface area contributed by atoms with E-state index in [0.717, 1.165) is 0 Å². The molecular weight excluding hydrogens is 328 g/mol. The van der Waals surface area contributed by atoms with Crippen LogP contribution >= 0.6 is 0 Å². The third-order valence-electron chi connectivity index (χ3n) is 4.86. The van der Waals surface area contributed by atoms with E-state index in [1.165, 1.54) is 0 Å². The second kappa shape index (κ2) is 8.00. The van der Waals surface area contributed by atoms with Crippen LogP contribution in [0.3, 0.4) is 0 Å². The standard InChI is InChI=1S/C22H22O4/c1-25-17-11-7-15(8-12-17)21(23)19-5-3-4-6-20(19)22(24)16-9-13-18(26-2)14-10-16/h3-4,7-14,19-20H,5-6H2,1-2H3. The number of hydrogen-bond donors (Lipinski definition) is 0. The molecule has 0 saturated heterocycles. The second-order valence-electron chi connectivity index (χ2n) is 6.34. The molecule has 0 aromatic heterocycles. The zero-order chi connectivity index (χ0) is 18.5. The Labute approximate surface area is 153 Å². The van der Waals surface area contributed by atoms with E-state index in [2.05, 4.69) is 0 Å². The molecule has 26 heavy (non-hydrogen) atoms. The summed E-state index contributed by atoms with van der Waals surface area (Å²) in [4.78, 5) is 26.0. The number of ketones is 2. The number of Topliss-reactive ketones (excluding diaryl/α,β-unsaturated/α-hetero) is 2. The Bertz CT molecular complexity index is 734. The molecule has 2 unspecified atom stereocenters. The first-order valence-electron chi connectivity index (χ1n) is 8.65. The molecule has 134 valence electrons. The SMILES string of the molecule is COc1ccc(C(=O)C2CC=CCC2C(=O)c2ccc(OC)cc2)cc1. The van der Waals surface area contributed by atoms with Gasteiger partial charge in [0.25, 0.3) is 0 Å². The normalized spacial score (nSPS) is 19.0. The number of carbonyl (C=O) groups is 2. The van der Waals surface area contributed by atoms with E-state index in [0.29, 0.717) is 35.5 Å². The van der Waals surface area contributed by atoms with Crippen molar-refractivity contribution >= 4 is 11.6 Å². The number of allylic oxidation sites excluding steroid dienone is 2. The monoisotopic (exact) mass is 350 g/mol. The lowest BCUT2D eigenvalue weighted by molar-refractivity contribution is 0.0761. The maximum absolute atomic E-state index is 13.0. The largest absolute Gasteiger partial charge is 0.497 e. The van der Waals surface area contributed by atoms with Crippen LogP contribution in [0.2, 0.25) is 0 Å². The van der Waals surface area contributed by atoms with Gasteiger partial charge < -0.3 is 9.47 Å². The van der Waals surface area contributed by atoms with Gasteiger partial charge in [-0.25, -0.2) is 0 Å². The Hall–Kier alpha value is -2.88. The summed E-state index contributed by atoms with van der Waals surface area (Å²) in [6.45, 7) is 0. The van der Waals surface area contributed by atoms with Crippen LogP contribution in [0.25, 0.3) is 0 Å². The molecule has 0 heterocycles. The Morgan fingerprint density at radius 3 is 1.35 bits per heavy atom. The van der Waals surface area contributed by atoms with Crippen LogP contribution in [0.15, 0.2) is 60.7 Å². The van der Waals surface area contributed by atoms with Gasteiger partial charge in [-0.05, 0) is 61.4 Å². The molecule has 0 aliphatic heterocycles. The first-order chi connectivity index (χ1) is 12.6. The third-order valence-corrected chi connectivity index (χ3v) is 4.86. The van der Waals surface area contributed by atoms with Gasteiger partial charge in [-0.15, -0.1) is 0 Å². The van der Waals surface area contributed by atoms with Gasteiger partial charge in [0.2, 0.25) is 0 Å². The van der Waals surface area contributed by atoms with Crippen LogP contribution in [-0.2, 0) is 0 Å². The fraction of sp³-hybridized carbons (Fsp3) is 0.273. The summed E-state index contributed by atoms with van der Waals surface area (Å²) < 4.78 is 10.3. The first kappa shape index (κ1) is 17.9. The molecule has 1 aliphatic carbocycles. The van der Waals surface area contributed by atoms with Crippen molar-refractivity contribution in [3.63, 3.8) is 0 Å². The van der Waals surface area contributed by atoms with Crippen LogP contribution in [0.4, 0.5) is 0 Å². The van der Waals surface area contributed by atoms with Crippen LogP contribution < -0.4 is 9.47 Å². The molecule has 0 bridgehead atoms. The Kier molecular flexibility index (Phi) is 5.52. The van der Waals surface area contributed by atoms with Crippen molar-refractivity contribution in [3.05, 3.63) is 71.8 Å². The predicted molar refractivity (Wildman–Crippen MR) is 100 cm³/mol. The lowest BCUT2D eigenvalue weighted by Gasteiger charge is -2.26. The van der Waals surface area contributed by atoms with Crippen molar-refractivity contribution in [3.8, 4) is 11.5 Å². The smallest absolute Gasteiger partial charge is 0.167 e. The number of methoxy groups -OCH3 is 2. The number of benzene rings is 2. The third kappa shape index (κ3) is 3.69. The molecule has 2 atom stereocenters. The molecule has 0 radical (unpaired) electrons. The average molecular weight is 350 g/mol. The van der Waals surface area contributed by atoms with E-state index in [1.54, 1.807) is 62.8 Å². The molecule has 2 aromatic carbocycles. The maximum Gasteiger partial charge on any atom is 0.167 e. The molecule has 0 saturated carbocycles. The van der Waals surface area contributed by atoms with Crippen molar-refractivity contribution < 1.29 is 19.1 Å². The molecule has 3 rings (SSSR count). The number of hydrogen-bond acceptors (Lipinski definition) is 4. The van der Waals surface area contributed by atoms with E-state index in [1.807, 2.05) is 12.2 Å². The molecule has 4 nitrogen and oxygen atoms in total. The van der Waals surface area contributed by atoms with E-state index in [9.17, 15) is 9.59 Å². The summed E-state index contributed by atoms with van der Waals surface area (Å²) in [5.41, 5.74) is 1.22. The highest BCUT2D eigenvalue weighted by atomic mass is 16.5. The molecule has 0 fully saturated rings. The van der Waals surface area contributed by atoms with Crippen molar-refractivity contribution in [1.29, 1.82) is 0 Å². The summed E-state index contributed by atoms with van der Waals surface area (Å²) >= 11 is 0. The van der Waals surface area contributed by atoms with Crippen LogP contribution in [-0.4, -0.2) is 25.8 Å². The minimum absolute atomic E-state index is 0.00358. The lowest BCUT2D eigenvalue weighted by atomic mass is 9.75. The quantitative estimate of drug-likeness (QED) is 0.574. The minimum atomic E-state index is -0.344. The average Bonchev–Trinajstić information content (AvgIpc) is 2.73. The van der Waals surface area contributed by atoms with Crippen molar-refractivity contribution in [2.24, 2.45) is 11.8 Å². The van der Waals surface area contributed by atoms with E-state index in [-0.39, 0.29) is 23.4 Å². The predicted octanol–water partition coefficient (Wildman–Crippen LogP) is 4.35. The van der Waals surface area contributed by atoms with Gasteiger partial charge in [-0.3, -0.25) is 9.59 Å². The van der Waals surface area contributed by atoms with Crippen LogP contribution in [0.5, 0.6) is 11.5 Å². The van der Waals surface area contributed by atoms with Gasteiger partial charge in [0, 0.05) is 23.0 Å². The van der Waals surface area contributed by atoms with Gasteiger partial charge >= 0.3 is 0 Å². The second-order valence-corrected chi connectivity index (χ2v) is 6.34. The summed E-state index contributed by atoms with van der Waals surface area (Å²) in [6.07, 6.45) is 5.14. The highest BCUT2D eigenvalue weighted by molar-refractivity contribution is 6.05. The lowest BCUT2D eigenvalue weighted by Crippen LogP contribution is -2.31. The minimum Gasteiger partial charge on any atom is -0.497 e. The van der Waals surface area contributed by atoms with E-state index >= 15 is 0 Å². The number of carbonyl (C=O) groups excluding carboxylic acids is 2. The van der Waals surface area contributed by atoms with Gasteiger partial charge in [-0.2, -0.15) is 0 Å². The molecular formula is C22H22O4. The van der Waals surface area contributed by atoms with E-state index in [4.69, 9.17) is 9.47 Å². The number of ether oxygens (including phenoxy) is 2. The maximum atomic E-state index is 13.0. The molecule has 4 heteroatoms. The summed E-state index contributed by atoms with van der Waals surface area (Å²) in [7, 11) is 3.18. The molecule has 2 aromatic rings. The fourth-order valence-corrected chi connectivity index (χ4v) is 3.33. The Morgan fingerprint density at radius 1 is 0.692 bits per heavy atom. The zero-order valence-electron chi connectivity index (χ0n) is 15.0. The highest BCUT2D eigenvalue weighted by Gasteiger charge is 2.34. The van der Waals surface area contributed by atoms with Gasteiger partial charge in [0.05, 0.1) is 14.2 Å². The Morgan fingerprint density at radius 2 is 1.04 bits per heavy atom. The molecule has 0 amide bonds.